The van der Waals surface area contributed by atoms with Crippen molar-refractivity contribution in [2.75, 3.05) is 0 Å². The van der Waals surface area contributed by atoms with Crippen LogP contribution in [0.15, 0.2) is 12.1 Å². The smallest absolute Gasteiger partial charge is 0.170 e. The number of hydrogen-bond acceptors (Lipinski definition) is 4. The van der Waals surface area contributed by atoms with Gasteiger partial charge in [0.2, 0.25) is 0 Å². The van der Waals surface area contributed by atoms with Crippen LogP contribution in [-0.2, 0) is 6.54 Å². The van der Waals surface area contributed by atoms with Crippen LogP contribution in [0.1, 0.15) is 32.2 Å². The Morgan fingerprint density at radius 1 is 1.20 bits per heavy atom. The molecule has 0 aliphatic heterocycles. The molecule has 0 aliphatic rings. The Labute approximate surface area is 116 Å². The summed E-state index contributed by atoms with van der Waals surface area (Å²) in [5, 5.41) is 14.3. The summed E-state index contributed by atoms with van der Waals surface area (Å²) < 4.78 is 28.7. The fourth-order valence-electron chi connectivity index (χ4n) is 1.65. The summed E-state index contributed by atoms with van der Waals surface area (Å²) in [7, 11) is 0. The Kier molecular flexibility index (Phi) is 3.80. The zero-order chi connectivity index (χ0) is 14.9. The molecule has 0 amide bonds. The van der Waals surface area contributed by atoms with E-state index in [1.807, 2.05) is 20.8 Å². The second-order valence-electron chi connectivity index (χ2n) is 5.66. The minimum Gasteiger partial charge on any atom is -0.305 e. The molecule has 5 nitrogen and oxygen atoms in total. The third-order valence-corrected chi connectivity index (χ3v) is 2.77. The number of hydrogen-bond donors (Lipinski definition) is 1. The Morgan fingerprint density at radius 2 is 1.90 bits per heavy atom. The largest absolute Gasteiger partial charge is 0.305 e. The van der Waals surface area contributed by atoms with Gasteiger partial charge in [0, 0.05) is 11.6 Å². The molecule has 0 fully saturated rings. The maximum atomic E-state index is 13.9. The predicted molar refractivity (Wildman–Crippen MR) is 70.4 cm³/mol. The van der Waals surface area contributed by atoms with E-state index in [0.29, 0.717) is 12.4 Å². The number of nitrogens with zero attached hydrogens (tertiary/aromatic N) is 4. The molecule has 20 heavy (non-hydrogen) atoms. The Hall–Kier alpha value is -1.89. The molecule has 0 saturated carbocycles. The van der Waals surface area contributed by atoms with Crippen LogP contribution in [0, 0.1) is 18.6 Å². The molecule has 108 valence electrons. The first kappa shape index (κ1) is 14.5. The quantitative estimate of drug-likeness (QED) is 0.936. The molecule has 0 atom stereocenters. The van der Waals surface area contributed by atoms with Gasteiger partial charge in [-0.1, -0.05) is 0 Å². The molecule has 0 aliphatic carbocycles. The molecule has 0 radical (unpaired) electrons. The molecular formula is C13H17F2N5. The third-order valence-electron chi connectivity index (χ3n) is 2.77. The summed E-state index contributed by atoms with van der Waals surface area (Å²) in [6, 6.07) is 2.23. The normalized spacial score (nSPS) is 11.9. The lowest BCUT2D eigenvalue weighted by molar-refractivity contribution is 0.414. The van der Waals surface area contributed by atoms with Gasteiger partial charge in [0.15, 0.2) is 5.82 Å². The van der Waals surface area contributed by atoms with Crippen molar-refractivity contribution >= 4 is 0 Å². The van der Waals surface area contributed by atoms with Gasteiger partial charge in [-0.05, 0) is 49.8 Å². The molecule has 0 bridgehead atoms. The molecule has 2 aromatic rings. The predicted octanol–water partition coefficient (Wildman–Crippen LogP) is 2.14. The number of halogens is 2. The molecule has 1 aromatic heterocycles. The topological polar surface area (TPSA) is 55.6 Å². The van der Waals surface area contributed by atoms with Crippen molar-refractivity contribution in [1.29, 1.82) is 0 Å². The summed E-state index contributed by atoms with van der Waals surface area (Å²) in [5.41, 5.74) is 0.117. The lowest BCUT2D eigenvalue weighted by Gasteiger charge is -2.20. The summed E-state index contributed by atoms with van der Waals surface area (Å²) in [4.78, 5) is 0. The van der Waals surface area contributed by atoms with E-state index >= 15 is 0 Å². The highest BCUT2D eigenvalue weighted by Gasteiger charge is 2.17. The van der Waals surface area contributed by atoms with Gasteiger partial charge in [0.25, 0.3) is 0 Å². The van der Waals surface area contributed by atoms with Crippen LogP contribution in [0.4, 0.5) is 8.78 Å². The van der Waals surface area contributed by atoms with E-state index in [1.165, 1.54) is 11.6 Å². The van der Waals surface area contributed by atoms with Crippen molar-refractivity contribution in [3.05, 3.63) is 35.2 Å². The minimum atomic E-state index is -0.562. The summed E-state index contributed by atoms with van der Waals surface area (Å²) >= 11 is 0. The number of aryl methyl sites for hydroxylation is 1. The summed E-state index contributed by atoms with van der Waals surface area (Å²) in [6.07, 6.45) is 0. The number of rotatable bonds is 3. The molecule has 2 rings (SSSR count). The van der Waals surface area contributed by atoms with E-state index in [0.717, 1.165) is 12.1 Å². The van der Waals surface area contributed by atoms with Crippen LogP contribution in [0.5, 0.6) is 0 Å². The molecule has 1 heterocycles. The Balaban J connectivity index is 2.35. The zero-order valence-corrected chi connectivity index (χ0v) is 11.9. The van der Waals surface area contributed by atoms with Gasteiger partial charge in [-0.3, -0.25) is 0 Å². The van der Waals surface area contributed by atoms with Crippen molar-refractivity contribution in [2.24, 2.45) is 0 Å². The summed E-state index contributed by atoms with van der Waals surface area (Å²) in [6.45, 7) is 7.84. The maximum Gasteiger partial charge on any atom is 0.170 e. The molecular weight excluding hydrogens is 264 g/mol. The fraction of sp³-hybridized carbons (Fsp3) is 0.462. The molecule has 1 N–H and O–H groups in total. The standard InChI is InChI=1S/C13H17F2N5/c1-8-5-10(15)11(6-9(8)14)20-12(17-18-19-20)7-16-13(2,3)4/h5-6,16H,7H2,1-4H3. The monoisotopic (exact) mass is 281 g/mol. The summed E-state index contributed by atoms with van der Waals surface area (Å²) in [5.74, 6) is -0.637. The third kappa shape index (κ3) is 3.16. The van der Waals surface area contributed by atoms with Crippen LogP contribution in [-0.4, -0.2) is 25.7 Å². The van der Waals surface area contributed by atoms with E-state index < -0.39 is 11.6 Å². The van der Waals surface area contributed by atoms with Crippen LogP contribution < -0.4 is 5.32 Å². The average Bonchev–Trinajstić information content (AvgIpc) is 2.78. The van der Waals surface area contributed by atoms with Crippen LogP contribution >= 0.6 is 0 Å². The van der Waals surface area contributed by atoms with Crippen molar-refractivity contribution in [2.45, 2.75) is 39.8 Å². The first-order valence-electron chi connectivity index (χ1n) is 6.26. The van der Waals surface area contributed by atoms with Crippen molar-refractivity contribution in [1.82, 2.24) is 25.5 Å². The molecule has 0 spiro atoms. The van der Waals surface area contributed by atoms with Gasteiger partial charge in [-0.15, -0.1) is 5.10 Å². The lowest BCUT2D eigenvalue weighted by atomic mass is 10.1. The fourth-order valence-corrected chi connectivity index (χ4v) is 1.65. The van der Waals surface area contributed by atoms with Crippen LogP contribution in [0.3, 0.4) is 0 Å². The van der Waals surface area contributed by atoms with E-state index in [2.05, 4.69) is 20.8 Å². The number of benzene rings is 1. The van der Waals surface area contributed by atoms with E-state index in [9.17, 15) is 8.78 Å². The van der Waals surface area contributed by atoms with Gasteiger partial charge in [0.1, 0.15) is 17.3 Å². The van der Waals surface area contributed by atoms with E-state index in [4.69, 9.17) is 0 Å². The highest BCUT2D eigenvalue weighted by Crippen LogP contribution is 2.18. The van der Waals surface area contributed by atoms with Gasteiger partial charge < -0.3 is 5.32 Å². The first-order chi connectivity index (χ1) is 9.28. The highest BCUT2D eigenvalue weighted by atomic mass is 19.1. The van der Waals surface area contributed by atoms with Crippen LogP contribution in [0.25, 0.3) is 5.69 Å². The SMILES string of the molecule is Cc1cc(F)c(-n2nnnc2CNC(C)(C)C)cc1F. The van der Waals surface area contributed by atoms with Crippen molar-refractivity contribution < 1.29 is 8.78 Å². The van der Waals surface area contributed by atoms with Crippen molar-refractivity contribution in [3.63, 3.8) is 0 Å². The zero-order valence-electron chi connectivity index (χ0n) is 11.9. The molecule has 7 heteroatoms. The van der Waals surface area contributed by atoms with Gasteiger partial charge in [-0.2, -0.15) is 4.68 Å². The first-order valence-corrected chi connectivity index (χ1v) is 6.26. The van der Waals surface area contributed by atoms with Gasteiger partial charge >= 0.3 is 0 Å². The Bertz CT molecular complexity index is 616. The van der Waals surface area contributed by atoms with E-state index in [-0.39, 0.29) is 16.8 Å². The number of tetrazole rings is 1. The second-order valence-corrected chi connectivity index (χ2v) is 5.66. The average molecular weight is 281 g/mol. The Morgan fingerprint density at radius 3 is 2.55 bits per heavy atom. The lowest BCUT2D eigenvalue weighted by Crippen LogP contribution is -2.36. The second kappa shape index (κ2) is 5.24. The molecule has 1 aromatic carbocycles. The van der Waals surface area contributed by atoms with Gasteiger partial charge in [0.05, 0.1) is 6.54 Å². The molecule has 0 unspecified atom stereocenters. The highest BCUT2D eigenvalue weighted by molar-refractivity contribution is 5.36. The molecule has 0 saturated heterocycles. The van der Waals surface area contributed by atoms with E-state index in [1.54, 1.807) is 0 Å². The van der Waals surface area contributed by atoms with Crippen LogP contribution in [0.2, 0.25) is 0 Å². The van der Waals surface area contributed by atoms with Crippen molar-refractivity contribution in [3.8, 4) is 5.69 Å². The van der Waals surface area contributed by atoms with Gasteiger partial charge in [-0.25, -0.2) is 8.78 Å². The maximum absolute atomic E-state index is 13.9. The minimum absolute atomic E-state index is 0.00353. The number of aromatic nitrogens is 4. The number of nitrogens with one attached hydrogen (secondary N) is 1.